The maximum Gasteiger partial charge on any atom is 0.407 e. The zero-order chi connectivity index (χ0) is 16.2. The second-order valence-electron chi connectivity index (χ2n) is 7.86. The van der Waals surface area contributed by atoms with Crippen LogP contribution in [0.15, 0.2) is 0 Å². The van der Waals surface area contributed by atoms with Crippen LogP contribution < -0.4 is 0 Å². The van der Waals surface area contributed by atoms with E-state index in [2.05, 4.69) is 4.90 Å². The Bertz CT molecular complexity index is 503. The molecule has 1 spiro atoms. The summed E-state index contributed by atoms with van der Waals surface area (Å²) in [4.78, 5) is 27.2. The zero-order valence-electron chi connectivity index (χ0n) is 13.4. The lowest BCUT2D eigenvalue weighted by atomic mass is 9.77. The van der Waals surface area contributed by atoms with Gasteiger partial charge in [0.05, 0.1) is 6.54 Å². The number of carbonyl (C=O) groups is 2. The van der Waals surface area contributed by atoms with Crippen molar-refractivity contribution in [3.63, 3.8) is 0 Å². The first kappa shape index (κ1) is 15.2. The number of carbonyl (C=O) groups excluding carboxylic acids is 1. The molecule has 128 valence electrons. The molecule has 4 saturated heterocycles. The van der Waals surface area contributed by atoms with Crippen molar-refractivity contribution in [3.05, 3.63) is 0 Å². The highest BCUT2D eigenvalue weighted by Gasteiger charge is 2.48. The van der Waals surface area contributed by atoms with Gasteiger partial charge in [-0.2, -0.15) is 0 Å². The van der Waals surface area contributed by atoms with Crippen LogP contribution in [0.2, 0.25) is 0 Å². The summed E-state index contributed by atoms with van der Waals surface area (Å²) in [6.45, 7) is 2.39. The standard InChI is InChI=1S/C16H25N3O4/c20-14-9-16(10-18(14)23)3-5-17(6-4-16)13-7-11-1-2-12(8-13)19(11)15(21)22/h11-13,23H,1-10H2,(H,21,22)/t11-,12+,13?. The van der Waals surface area contributed by atoms with E-state index >= 15 is 0 Å². The zero-order valence-corrected chi connectivity index (χ0v) is 13.4. The molecule has 3 atom stereocenters. The Morgan fingerprint density at radius 3 is 2.17 bits per heavy atom. The molecule has 2 N–H and O–H groups in total. The van der Waals surface area contributed by atoms with Crippen molar-refractivity contribution in [2.75, 3.05) is 19.6 Å². The second-order valence-corrected chi connectivity index (χ2v) is 7.86. The van der Waals surface area contributed by atoms with E-state index in [1.807, 2.05) is 0 Å². The van der Waals surface area contributed by atoms with Gasteiger partial charge in [0.25, 0.3) is 0 Å². The predicted octanol–water partition coefficient (Wildman–Crippen LogP) is 1.36. The van der Waals surface area contributed by atoms with Gasteiger partial charge in [-0.15, -0.1) is 0 Å². The fourth-order valence-corrected chi connectivity index (χ4v) is 5.33. The Balaban J connectivity index is 1.37. The molecule has 0 aromatic heterocycles. The fourth-order valence-electron chi connectivity index (χ4n) is 5.33. The highest BCUT2D eigenvalue weighted by molar-refractivity contribution is 5.78. The van der Waals surface area contributed by atoms with Gasteiger partial charge in [-0.25, -0.2) is 9.86 Å². The van der Waals surface area contributed by atoms with Crippen LogP contribution in [0.5, 0.6) is 0 Å². The van der Waals surface area contributed by atoms with Crippen LogP contribution in [0.3, 0.4) is 0 Å². The van der Waals surface area contributed by atoms with E-state index in [1.54, 1.807) is 4.90 Å². The topological polar surface area (TPSA) is 84.3 Å². The van der Waals surface area contributed by atoms with Gasteiger partial charge in [0.2, 0.25) is 5.91 Å². The van der Waals surface area contributed by atoms with Crippen LogP contribution in [0, 0.1) is 5.41 Å². The van der Waals surface area contributed by atoms with Crippen molar-refractivity contribution in [1.29, 1.82) is 0 Å². The summed E-state index contributed by atoms with van der Waals surface area (Å²) >= 11 is 0. The lowest BCUT2D eigenvalue weighted by Gasteiger charge is -2.46. The molecule has 4 fully saturated rings. The van der Waals surface area contributed by atoms with Crippen molar-refractivity contribution in [2.24, 2.45) is 5.41 Å². The van der Waals surface area contributed by atoms with Gasteiger partial charge >= 0.3 is 6.09 Å². The quantitative estimate of drug-likeness (QED) is 0.712. The molecule has 0 aliphatic carbocycles. The SMILES string of the molecule is O=C1CC2(CCN(C3C[C@H]4CC[C@@H](C3)N4C(=O)O)CC2)CN1O. The molecule has 4 heterocycles. The molecule has 0 radical (unpaired) electrons. The van der Waals surface area contributed by atoms with E-state index in [1.165, 1.54) is 0 Å². The first-order valence-corrected chi connectivity index (χ1v) is 8.72. The molecule has 0 aromatic carbocycles. The first-order valence-electron chi connectivity index (χ1n) is 8.72. The molecule has 23 heavy (non-hydrogen) atoms. The van der Waals surface area contributed by atoms with Gasteiger partial charge in [0.15, 0.2) is 0 Å². The predicted molar refractivity (Wildman–Crippen MR) is 81.1 cm³/mol. The van der Waals surface area contributed by atoms with Crippen LogP contribution in [0.25, 0.3) is 0 Å². The molecular weight excluding hydrogens is 298 g/mol. The van der Waals surface area contributed by atoms with Crippen LogP contribution in [0.1, 0.15) is 44.9 Å². The number of likely N-dealkylation sites (tertiary alicyclic amines) is 1. The Labute approximate surface area is 135 Å². The number of piperidine rings is 2. The summed E-state index contributed by atoms with van der Waals surface area (Å²) in [6, 6.07) is 0.851. The van der Waals surface area contributed by atoms with E-state index in [4.69, 9.17) is 0 Å². The van der Waals surface area contributed by atoms with Crippen molar-refractivity contribution >= 4 is 12.0 Å². The lowest BCUT2D eigenvalue weighted by molar-refractivity contribution is -0.158. The van der Waals surface area contributed by atoms with E-state index in [0.29, 0.717) is 19.0 Å². The van der Waals surface area contributed by atoms with Crippen molar-refractivity contribution < 1.29 is 19.9 Å². The summed E-state index contributed by atoms with van der Waals surface area (Å²) in [5.41, 5.74) is -0.0386. The van der Waals surface area contributed by atoms with Gasteiger partial charge in [-0.1, -0.05) is 0 Å². The number of amides is 2. The molecule has 0 aromatic rings. The molecule has 1 unspecified atom stereocenters. The van der Waals surface area contributed by atoms with Crippen molar-refractivity contribution in [1.82, 2.24) is 14.9 Å². The van der Waals surface area contributed by atoms with Crippen LogP contribution >= 0.6 is 0 Å². The Morgan fingerprint density at radius 2 is 1.70 bits per heavy atom. The largest absolute Gasteiger partial charge is 0.465 e. The highest BCUT2D eigenvalue weighted by Crippen LogP contribution is 2.43. The average molecular weight is 323 g/mol. The second kappa shape index (κ2) is 5.34. The van der Waals surface area contributed by atoms with Gasteiger partial charge in [0.1, 0.15) is 0 Å². The molecule has 4 aliphatic heterocycles. The van der Waals surface area contributed by atoms with E-state index in [0.717, 1.165) is 56.7 Å². The summed E-state index contributed by atoms with van der Waals surface area (Å²) in [6.07, 6.45) is 5.50. The fraction of sp³-hybridized carbons (Fsp3) is 0.875. The van der Waals surface area contributed by atoms with Gasteiger partial charge in [-0.05, 0) is 51.6 Å². The normalized spacial score (nSPS) is 36.9. The third-order valence-corrected chi connectivity index (χ3v) is 6.60. The molecule has 2 amide bonds. The number of hydrogen-bond acceptors (Lipinski definition) is 4. The molecule has 2 bridgehead atoms. The average Bonchev–Trinajstić information content (AvgIpc) is 2.94. The molecule has 4 aliphatic rings. The number of hydrogen-bond donors (Lipinski definition) is 2. The van der Waals surface area contributed by atoms with Crippen LogP contribution in [-0.4, -0.2) is 74.9 Å². The first-order chi connectivity index (χ1) is 11.0. The van der Waals surface area contributed by atoms with Crippen LogP contribution in [0.4, 0.5) is 4.79 Å². The number of nitrogens with zero attached hydrogens (tertiary/aromatic N) is 3. The third-order valence-electron chi connectivity index (χ3n) is 6.60. The van der Waals surface area contributed by atoms with E-state index < -0.39 is 6.09 Å². The minimum absolute atomic E-state index is 0.0386. The molecule has 7 nitrogen and oxygen atoms in total. The minimum Gasteiger partial charge on any atom is -0.465 e. The molecular formula is C16H25N3O4. The van der Waals surface area contributed by atoms with Gasteiger partial charge in [0, 0.05) is 30.0 Å². The van der Waals surface area contributed by atoms with E-state index in [9.17, 15) is 19.9 Å². The summed E-state index contributed by atoms with van der Waals surface area (Å²) in [5.74, 6) is -0.147. The molecule has 0 saturated carbocycles. The van der Waals surface area contributed by atoms with Crippen molar-refractivity contribution in [2.45, 2.75) is 63.1 Å². The van der Waals surface area contributed by atoms with Crippen LogP contribution in [-0.2, 0) is 4.79 Å². The number of rotatable bonds is 1. The Kier molecular flexibility index (Phi) is 3.53. The Morgan fingerprint density at radius 1 is 1.09 bits per heavy atom. The third kappa shape index (κ3) is 2.50. The number of fused-ring (bicyclic) bond motifs is 2. The molecule has 4 rings (SSSR count). The monoisotopic (exact) mass is 323 g/mol. The van der Waals surface area contributed by atoms with Gasteiger partial charge < -0.3 is 14.9 Å². The number of carboxylic acid groups (broad SMARTS) is 1. The summed E-state index contributed by atoms with van der Waals surface area (Å²) in [7, 11) is 0. The summed E-state index contributed by atoms with van der Waals surface area (Å²) < 4.78 is 0. The molecule has 7 heteroatoms. The summed E-state index contributed by atoms with van der Waals surface area (Å²) in [5, 5.41) is 19.8. The maximum absolute atomic E-state index is 11.6. The smallest absolute Gasteiger partial charge is 0.407 e. The van der Waals surface area contributed by atoms with Crippen molar-refractivity contribution in [3.8, 4) is 0 Å². The van der Waals surface area contributed by atoms with Gasteiger partial charge in [-0.3, -0.25) is 10.0 Å². The van der Waals surface area contributed by atoms with E-state index in [-0.39, 0.29) is 23.4 Å². The minimum atomic E-state index is -0.763. The number of hydroxylamine groups is 2. The highest BCUT2D eigenvalue weighted by atomic mass is 16.5. The maximum atomic E-state index is 11.6. The Hall–Kier alpha value is -1.34. The lowest BCUT2D eigenvalue weighted by Crippen LogP contribution is -2.54.